The van der Waals surface area contributed by atoms with Crippen LogP contribution in [0.1, 0.15) is 0 Å². The lowest BCUT2D eigenvalue weighted by Gasteiger charge is -2.03. The monoisotopic (exact) mass is 252 g/mol. The van der Waals surface area contributed by atoms with Gasteiger partial charge in [-0.25, -0.2) is 0 Å². The third-order valence-electron chi connectivity index (χ3n) is 2.95. The first kappa shape index (κ1) is 11.3. The van der Waals surface area contributed by atoms with Crippen LogP contribution in [0.3, 0.4) is 0 Å². The minimum Gasteiger partial charge on any atom is -0.382 e. The molecular formula is C14H12N4O. The van der Waals surface area contributed by atoms with Crippen LogP contribution in [-0.2, 0) is 0 Å². The third-order valence-corrected chi connectivity index (χ3v) is 2.95. The highest BCUT2D eigenvalue weighted by atomic mass is 16.1. The van der Waals surface area contributed by atoms with E-state index in [9.17, 15) is 4.79 Å². The predicted octanol–water partition coefficient (Wildman–Crippen LogP) is 2.01. The highest BCUT2D eigenvalue weighted by Gasteiger charge is 2.16. The van der Waals surface area contributed by atoms with E-state index in [2.05, 4.69) is 15.2 Å². The number of nitrogens with zero attached hydrogens (tertiary/aromatic N) is 1. The normalized spacial score (nSPS) is 10.5. The molecule has 2 heterocycles. The fraction of sp³-hybridized carbons (Fsp3) is 0. The van der Waals surface area contributed by atoms with Crippen LogP contribution >= 0.6 is 0 Å². The summed E-state index contributed by atoms with van der Waals surface area (Å²) in [5.74, 6) is 0.379. The second kappa shape index (κ2) is 4.45. The summed E-state index contributed by atoms with van der Waals surface area (Å²) >= 11 is 0. The van der Waals surface area contributed by atoms with Gasteiger partial charge < -0.3 is 10.7 Å². The fourth-order valence-corrected chi connectivity index (χ4v) is 2.06. The lowest BCUT2D eigenvalue weighted by atomic mass is 10.0. The van der Waals surface area contributed by atoms with Crippen LogP contribution in [0.5, 0.6) is 0 Å². The van der Waals surface area contributed by atoms with Crippen LogP contribution in [0.15, 0.2) is 53.6 Å². The fourth-order valence-electron chi connectivity index (χ4n) is 2.06. The quantitative estimate of drug-likeness (QED) is 0.652. The van der Waals surface area contributed by atoms with Gasteiger partial charge in [-0.3, -0.25) is 9.89 Å². The highest BCUT2D eigenvalue weighted by molar-refractivity contribution is 5.87. The minimum atomic E-state index is -0.0837. The molecule has 0 amide bonds. The number of H-pyrrole nitrogens is 2. The maximum Gasteiger partial charge on any atom is 0.190 e. The second-order valence-electron chi connectivity index (χ2n) is 4.15. The van der Waals surface area contributed by atoms with Crippen LogP contribution in [0, 0.1) is 0 Å². The van der Waals surface area contributed by atoms with E-state index in [0.717, 1.165) is 11.1 Å². The van der Waals surface area contributed by atoms with E-state index < -0.39 is 0 Å². The van der Waals surface area contributed by atoms with Crippen molar-refractivity contribution in [2.45, 2.75) is 0 Å². The highest BCUT2D eigenvalue weighted by Crippen LogP contribution is 2.32. The lowest BCUT2D eigenvalue weighted by Crippen LogP contribution is -2.03. The smallest absolute Gasteiger partial charge is 0.190 e. The van der Waals surface area contributed by atoms with Crippen LogP contribution < -0.4 is 11.2 Å². The predicted molar refractivity (Wildman–Crippen MR) is 74.5 cm³/mol. The summed E-state index contributed by atoms with van der Waals surface area (Å²) in [4.78, 5) is 14.8. The van der Waals surface area contributed by atoms with Crippen molar-refractivity contribution < 1.29 is 0 Å². The van der Waals surface area contributed by atoms with E-state index in [1.165, 1.54) is 6.07 Å². The van der Waals surface area contributed by atoms with E-state index in [1.54, 1.807) is 12.4 Å². The number of hydrogen-bond acceptors (Lipinski definition) is 3. The zero-order valence-electron chi connectivity index (χ0n) is 10.1. The molecule has 5 nitrogen and oxygen atoms in total. The summed E-state index contributed by atoms with van der Waals surface area (Å²) in [5, 5.41) is 6.85. The van der Waals surface area contributed by atoms with E-state index in [4.69, 9.17) is 5.73 Å². The Kier molecular flexibility index (Phi) is 2.64. The lowest BCUT2D eigenvalue weighted by molar-refractivity contribution is 1.10. The summed E-state index contributed by atoms with van der Waals surface area (Å²) in [6.45, 7) is 0. The van der Waals surface area contributed by atoms with Crippen molar-refractivity contribution in [3.8, 4) is 22.4 Å². The first-order valence-electron chi connectivity index (χ1n) is 5.84. The molecule has 0 radical (unpaired) electrons. The van der Waals surface area contributed by atoms with Crippen molar-refractivity contribution in [1.82, 2.24) is 15.2 Å². The molecule has 3 rings (SSSR count). The van der Waals surface area contributed by atoms with E-state index >= 15 is 0 Å². The summed E-state index contributed by atoms with van der Waals surface area (Å²) in [5.41, 5.74) is 8.64. The summed E-state index contributed by atoms with van der Waals surface area (Å²) in [6.07, 6.45) is 3.23. The van der Waals surface area contributed by atoms with Gasteiger partial charge in [-0.15, -0.1) is 0 Å². The standard InChI is InChI=1S/C14H12N4O/c15-14-12(9-4-2-1-3-5-9)13(17-18-14)10-8-16-7-6-11(10)19/h1-8H,(H,16,19)(H3,15,17,18). The molecule has 0 atom stereocenters. The van der Waals surface area contributed by atoms with Gasteiger partial charge in [-0.1, -0.05) is 30.3 Å². The van der Waals surface area contributed by atoms with Gasteiger partial charge >= 0.3 is 0 Å². The third kappa shape index (κ3) is 1.91. The Morgan fingerprint density at radius 3 is 2.63 bits per heavy atom. The molecule has 4 N–H and O–H groups in total. The Morgan fingerprint density at radius 1 is 1.11 bits per heavy atom. The molecule has 2 aromatic heterocycles. The van der Waals surface area contributed by atoms with Gasteiger partial charge in [0.2, 0.25) is 0 Å². The summed E-state index contributed by atoms with van der Waals surface area (Å²) in [6, 6.07) is 11.1. The number of rotatable bonds is 2. The number of aromatic amines is 2. The summed E-state index contributed by atoms with van der Waals surface area (Å²) in [7, 11) is 0. The largest absolute Gasteiger partial charge is 0.382 e. The molecule has 1 aromatic carbocycles. The van der Waals surface area contributed by atoms with Gasteiger partial charge in [-0.2, -0.15) is 5.10 Å². The van der Waals surface area contributed by atoms with Gasteiger partial charge in [-0.05, 0) is 5.56 Å². The van der Waals surface area contributed by atoms with E-state index in [0.29, 0.717) is 17.1 Å². The minimum absolute atomic E-state index is 0.0837. The van der Waals surface area contributed by atoms with Gasteiger partial charge in [0.15, 0.2) is 11.2 Å². The molecule has 0 saturated heterocycles. The molecule has 0 spiro atoms. The number of pyridine rings is 1. The maximum atomic E-state index is 11.9. The Labute approximate surface area is 109 Å². The van der Waals surface area contributed by atoms with Crippen LogP contribution in [0.4, 0.5) is 5.82 Å². The molecule has 0 aliphatic carbocycles. The number of nitrogens with two attached hydrogens (primary N) is 1. The first-order chi connectivity index (χ1) is 9.27. The Balaban J connectivity index is 2.26. The van der Waals surface area contributed by atoms with Gasteiger partial charge in [0.1, 0.15) is 0 Å². The molecule has 94 valence electrons. The van der Waals surface area contributed by atoms with Gasteiger partial charge in [0.25, 0.3) is 0 Å². The van der Waals surface area contributed by atoms with Crippen LogP contribution in [-0.4, -0.2) is 15.2 Å². The number of nitrogen functional groups attached to an aromatic ring is 1. The first-order valence-corrected chi connectivity index (χ1v) is 5.84. The average molecular weight is 252 g/mol. The second-order valence-corrected chi connectivity index (χ2v) is 4.15. The molecule has 0 fully saturated rings. The van der Waals surface area contributed by atoms with E-state index in [1.807, 2.05) is 30.3 Å². The zero-order valence-corrected chi connectivity index (χ0v) is 10.1. The van der Waals surface area contributed by atoms with Crippen LogP contribution in [0.25, 0.3) is 22.4 Å². The SMILES string of the molecule is Nc1n[nH]c(-c2c[nH]ccc2=O)c1-c1ccccc1. The maximum absolute atomic E-state index is 11.9. The number of nitrogens with one attached hydrogen (secondary N) is 2. The van der Waals surface area contributed by atoms with Crippen LogP contribution in [0.2, 0.25) is 0 Å². The van der Waals surface area contributed by atoms with Crippen molar-refractivity contribution in [3.05, 3.63) is 59.0 Å². The average Bonchev–Trinajstić information content (AvgIpc) is 2.82. The van der Waals surface area contributed by atoms with Crippen molar-refractivity contribution >= 4 is 5.82 Å². The van der Waals surface area contributed by atoms with Crippen molar-refractivity contribution in [2.24, 2.45) is 0 Å². The van der Waals surface area contributed by atoms with E-state index in [-0.39, 0.29) is 5.43 Å². The van der Waals surface area contributed by atoms with Crippen molar-refractivity contribution in [3.63, 3.8) is 0 Å². The molecular weight excluding hydrogens is 240 g/mol. The van der Waals surface area contributed by atoms with Crippen molar-refractivity contribution in [2.75, 3.05) is 5.73 Å². The number of anilines is 1. The molecule has 19 heavy (non-hydrogen) atoms. The molecule has 3 aromatic rings. The number of aromatic nitrogens is 3. The Bertz CT molecular complexity index is 758. The topological polar surface area (TPSA) is 87.6 Å². The number of hydrogen-bond donors (Lipinski definition) is 3. The number of benzene rings is 1. The molecule has 5 heteroatoms. The van der Waals surface area contributed by atoms with Gasteiger partial charge in [0.05, 0.1) is 16.8 Å². The molecule has 0 aliphatic heterocycles. The summed E-state index contributed by atoms with van der Waals surface area (Å²) < 4.78 is 0. The van der Waals surface area contributed by atoms with Gasteiger partial charge in [0, 0.05) is 18.5 Å². The molecule has 0 aliphatic rings. The zero-order chi connectivity index (χ0) is 13.2. The van der Waals surface area contributed by atoms with Crippen molar-refractivity contribution in [1.29, 1.82) is 0 Å². The Hall–Kier alpha value is -2.82. The molecule has 0 unspecified atom stereocenters. The molecule has 0 saturated carbocycles. The molecule has 0 bridgehead atoms. The Morgan fingerprint density at radius 2 is 1.89 bits per heavy atom.